The van der Waals surface area contributed by atoms with Crippen LogP contribution >= 0.6 is 0 Å². The Kier molecular flexibility index (Phi) is 24.9. The minimum Gasteiger partial charge on any atom is -0.463 e. The standard InChI is InChI=1S/C34H67N2O4/c1-4-6-8-9-10-11-12-13-14-15-16-17-18-19-20-21-29-38-30-31-39-32-33-40-34(37)22-23-35-24-27-36(3,28-25-35)26-7-5-2/h13-14H,4-12,15-33H2,1-3H3/q+1. The van der Waals surface area contributed by atoms with Crippen molar-refractivity contribution in [1.82, 2.24) is 4.90 Å². The Hall–Kier alpha value is -0.950. The lowest BCUT2D eigenvalue weighted by atomic mass is 10.1. The van der Waals surface area contributed by atoms with Crippen molar-refractivity contribution < 1.29 is 23.5 Å². The van der Waals surface area contributed by atoms with E-state index >= 15 is 0 Å². The summed E-state index contributed by atoms with van der Waals surface area (Å²) in [7, 11) is 2.37. The fraction of sp³-hybridized carbons (Fsp3) is 0.912. The van der Waals surface area contributed by atoms with Gasteiger partial charge >= 0.3 is 5.97 Å². The van der Waals surface area contributed by atoms with E-state index in [2.05, 4.69) is 37.9 Å². The number of quaternary nitrogens is 1. The summed E-state index contributed by atoms with van der Waals surface area (Å²) < 4.78 is 17.7. The number of carbonyl (C=O) groups excluding carboxylic acids is 1. The molecule has 0 saturated carbocycles. The number of esters is 1. The summed E-state index contributed by atoms with van der Waals surface area (Å²) in [6.07, 6.45) is 26.4. The number of carbonyl (C=O) groups is 1. The van der Waals surface area contributed by atoms with Gasteiger partial charge in [-0.3, -0.25) is 9.69 Å². The van der Waals surface area contributed by atoms with Crippen LogP contribution in [-0.4, -0.2) is 94.7 Å². The molecule has 40 heavy (non-hydrogen) atoms. The molecule has 0 aromatic heterocycles. The first-order valence-electron chi connectivity index (χ1n) is 17.1. The number of unbranched alkanes of at least 4 members (excludes halogenated alkanes) is 13. The van der Waals surface area contributed by atoms with Crippen LogP contribution in [0.15, 0.2) is 12.2 Å². The SMILES string of the molecule is CCCCCCCCC=CCCCCCCCCOCCOCCOC(=O)CCN1CC[N+](C)(CCCC)CC1. The lowest BCUT2D eigenvalue weighted by molar-refractivity contribution is -0.913. The minimum absolute atomic E-state index is 0.117. The molecule has 236 valence electrons. The van der Waals surface area contributed by atoms with Crippen molar-refractivity contribution in [2.24, 2.45) is 0 Å². The van der Waals surface area contributed by atoms with Crippen molar-refractivity contribution in [2.45, 2.75) is 123 Å². The highest BCUT2D eigenvalue weighted by molar-refractivity contribution is 5.69. The monoisotopic (exact) mass is 568 g/mol. The van der Waals surface area contributed by atoms with E-state index in [9.17, 15) is 4.79 Å². The summed E-state index contributed by atoms with van der Waals surface area (Å²) in [5.74, 6) is -0.117. The van der Waals surface area contributed by atoms with E-state index in [1.54, 1.807) is 0 Å². The molecule has 1 rings (SSSR count). The maximum absolute atomic E-state index is 12.0. The van der Waals surface area contributed by atoms with E-state index in [0.717, 1.165) is 32.7 Å². The van der Waals surface area contributed by atoms with Crippen molar-refractivity contribution in [3.8, 4) is 0 Å². The first kappa shape index (κ1) is 37.1. The predicted molar refractivity (Wildman–Crippen MR) is 169 cm³/mol. The van der Waals surface area contributed by atoms with Crippen molar-refractivity contribution in [3.63, 3.8) is 0 Å². The number of hydrogen-bond donors (Lipinski definition) is 0. The molecular formula is C34H67N2O4+. The van der Waals surface area contributed by atoms with Crippen LogP contribution < -0.4 is 0 Å². The fourth-order valence-corrected chi connectivity index (χ4v) is 5.29. The Morgan fingerprint density at radius 2 is 1.20 bits per heavy atom. The molecule has 0 aromatic rings. The second-order valence-electron chi connectivity index (χ2n) is 12.1. The molecule has 1 saturated heterocycles. The first-order chi connectivity index (χ1) is 19.6. The van der Waals surface area contributed by atoms with E-state index in [1.807, 2.05) is 0 Å². The molecule has 6 nitrogen and oxygen atoms in total. The van der Waals surface area contributed by atoms with E-state index in [0.29, 0.717) is 32.8 Å². The quantitative estimate of drug-likeness (QED) is 0.0423. The van der Waals surface area contributed by atoms with Gasteiger partial charge in [-0.2, -0.15) is 0 Å². The molecule has 0 N–H and O–H groups in total. The van der Waals surface area contributed by atoms with Gasteiger partial charge in [-0.05, 0) is 38.5 Å². The largest absolute Gasteiger partial charge is 0.463 e. The van der Waals surface area contributed by atoms with Crippen LogP contribution in [0, 0.1) is 0 Å². The zero-order valence-electron chi connectivity index (χ0n) is 27.0. The van der Waals surface area contributed by atoms with E-state index in [1.165, 1.54) is 120 Å². The number of hydrogen-bond acceptors (Lipinski definition) is 5. The smallest absolute Gasteiger partial charge is 0.307 e. The van der Waals surface area contributed by atoms with Crippen LogP contribution in [0.3, 0.4) is 0 Å². The molecule has 0 aromatic carbocycles. The summed E-state index contributed by atoms with van der Waals surface area (Å²) >= 11 is 0. The van der Waals surface area contributed by atoms with Gasteiger partial charge in [0.15, 0.2) is 0 Å². The van der Waals surface area contributed by atoms with Crippen LogP contribution in [0.2, 0.25) is 0 Å². The zero-order chi connectivity index (χ0) is 29.0. The highest BCUT2D eigenvalue weighted by Gasteiger charge is 2.28. The molecule has 0 unspecified atom stereocenters. The molecular weight excluding hydrogens is 500 g/mol. The van der Waals surface area contributed by atoms with Gasteiger partial charge in [0.1, 0.15) is 6.61 Å². The minimum atomic E-state index is -0.117. The van der Waals surface area contributed by atoms with Crippen molar-refractivity contribution >= 4 is 5.97 Å². The normalized spacial score (nSPS) is 15.7. The molecule has 1 aliphatic heterocycles. The Labute approximate surface area is 248 Å². The maximum atomic E-state index is 12.0. The van der Waals surface area contributed by atoms with Gasteiger partial charge in [0.05, 0.1) is 52.9 Å². The summed E-state index contributed by atoms with van der Waals surface area (Å²) in [4.78, 5) is 14.4. The Morgan fingerprint density at radius 1 is 0.675 bits per heavy atom. The first-order valence-corrected chi connectivity index (χ1v) is 17.1. The van der Waals surface area contributed by atoms with Crippen LogP contribution in [0.1, 0.15) is 123 Å². The third-order valence-electron chi connectivity index (χ3n) is 8.26. The van der Waals surface area contributed by atoms with Crippen LogP contribution in [0.4, 0.5) is 0 Å². The second kappa shape index (κ2) is 26.9. The molecule has 0 bridgehead atoms. The average Bonchev–Trinajstić information content (AvgIpc) is 2.96. The molecule has 1 aliphatic rings. The molecule has 0 aliphatic carbocycles. The molecule has 1 fully saturated rings. The van der Waals surface area contributed by atoms with E-state index in [4.69, 9.17) is 14.2 Å². The summed E-state index contributed by atoms with van der Waals surface area (Å²) in [6.45, 7) is 13.9. The molecule has 1 heterocycles. The van der Waals surface area contributed by atoms with E-state index in [-0.39, 0.29) is 5.97 Å². The molecule has 0 radical (unpaired) electrons. The van der Waals surface area contributed by atoms with Crippen LogP contribution in [-0.2, 0) is 19.0 Å². The average molecular weight is 568 g/mol. The Balaban J connectivity index is 1.76. The highest BCUT2D eigenvalue weighted by Crippen LogP contribution is 2.13. The summed E-state index contributed by atoms with van der Waals surface area (Å²) in [5.41, 5.74) is 0. The van der Waals surface area contributed by atoms with Crippen molar-refractivity contribution in [3.05, 3.63) is 12.2 Å². The summed E-state index contributed by atoms with van der Waals surface area (Å²) in [6, 6.07) is 0. The molecule has 0 atom stereocenters. The number of allylic oxidation sites excluding steroid dienone is 2. The molecule has 6 heteroatoms. The Morgan fingerprint density at radius 3 is 1.82 bits per heavy atom. The van der Waals surface area contributed by atoms with Crippen molar-refractivity contribution in [2.75, 3.05) is 79.4 Å². The third kappa shape index (κ3) is 22.7. The summed E-state index contributed by atoms with van der Waals surface area (Å²) in [5, 5.41) is 0. The van der Waals surface area contributed by atoms with Gasteiger partial charge in [0.25, 0.3) is 0 Å². The van der Waals surface area contributed by atoms with Gasteiger partial charge < -0.3 is 18.7 Å². The van der Waals surface area contributed by atoms with Gasteiger partial charge in [-0.1, -0.05) is 90.2 Å². The second-order valence-corrected chi connectivity index (χ2v) is 12.1. The number of ether oxygens (including phenoxy) is 3. The Bertz CT molecular complexity index is 590. The lowest BCUT2D eigenvalue weighted by Crippen LogP contribution is -2.57. The van der Waals surface area contributed by atoms with Gasteiger partial charge in [0, 0.05) is 26.2 Å². The van der Waals surface area contributed by atoms with E-state index < -0.39 is 0 Å². The number of likely N-dealkylation sites (N-methyl/N-ethyl adjacent to an activating group) is 1. The highest BCUT2D eigenvalue weighted by atomic mass is 16.6. The van der Waals surface area contributed by atoms with Crippen LogP contribution in [0.25, 0.3) is 0 Å². The van der Waals surface area contributed by atoms with Gasteiger partial charge in [0.2, 0.25) is 0 Å². The van der Waals surface area contributed by atoms with Gasteiger partial charge in [-0.25, -0.2) is 0 Å². The van der Waals surface area contributed by atoms with Crippen molar-refractivity contribution in [1.29, 1.82) is 0 Å². The third-order valence-corrected chi connectivity index (χ3v) is 8.26. The fourth-order valence-electron chi connectivity index (χ4n) is 5.29. The number of rotatable bonds is 28. The molecule has 0 amide bonds. The van der Waals surface area contributed by atoms with Gasteiger partial charge in [-0.15, -0.1) is 0 Å². The lowest BCUT2D eigenvalue weighted by Gasteiger charge is -2.42. The number of nitrogens with zero attached hydrogens (tertiary/aromatic N) is 2. The predicted octanol–water partition coefficient (Wildman–Crippen LogP) is 7.55. The molecule has 0 spiro atoms. The van der Waals surface area contributed by atoms with Crippen LogP contribution in [0.5, 0.6) is 0 Å². The zero-order valence-corrected chi connectivity index (χ0v) is 27.0. The maximum Gasteiger partial charge on any atom is 0.307 e. The topological polar surface area (TPSA) is 48.0 Å². The number of piperazine rings is 1.